The summed E-state index contributed by atoms with van der Waals surface area (Å²) in [6.45, 7) is 0. The van der Waals surface area contributed by atoms with Crippen molar-refractivity contribution in [2.45, 2.75) is 43.9 Å². The monoisotopic (exact) mass is 448 g/mol. The first-order valence-electron chi connectivity index (χ1n) is 9.60. The average Bonchev–Trinajstić information content (AvgIpc) is 2.80. The largest absolute Gasteiger partial charge is 1.00 e. The number of piperidine rings is 1. The minimum Gasteiger partial charge on any atom is -1.00 e. The molecule has 0 saturated carbocycles. The van der Waals surface area contributed by atoms with Gasteiger partial charge in [0.1, 0.15) is 11.9 Å². The molecule has 2 saturated heterocycles. The topological polar surface area (TPSA) is 38.3 Å². The van der Waals surface area contributed by atoms with Crippen LogP contribution in [0, 0.1) is 5.82 Å². The highest BCUT2D eigenvalue weighted by Crippen LogP contribution is 2.40. The molecule has 2 atom stereocenters. The molecule has 2 bridgehead atoms. The van der Waals surface area contributed by atoms with Crippen molar-refractivity contribution in [2.75, 3.05) is 19.4 Å². The molecule has 4 nitrogen and oxygen atoms in total. The van der Waals surface area contributed by atoms with Crippen LogP contribution in [-0.2, 0) is 4.74 Å². The molecule has 0 spiro atoms. The van der Waals surface area contributed by atoms with Crippen LogP contribution in [0.3, 0.4) is 0 Å². The molecule has 4 rings (SSSR count). The quantitative estimate of drug-likeness (QED) is 0.727. The van der Waals surface area contributed by atoms with E-state index in [1.807, 2.05) is 30.3 Å². The minimum absolute atomic E-state index is 0. The van der Waals surface area contributed by atoms with E-state index in [-0.39, 0.29) is 28.9 Å². The van der Waals surface area contributed by atoms with Gasteiger partial charge < -0.3 is 26.2 Å². The number of nitrogens with one attached hydrogen (secondary N) is 1. The Labute approximate surface area is 176 Å². The highest BCUT2D eigenvalue weighted by atomic mass is 79.9. The summed E-state index contributed by atoms with van der Waals surface area (Å²) in [4.78, 5) is 12.5. The summed E-state index contributed by atoms with van der Waals surface area (Å²) in [5.41, 5.74) is 1.54. The van der Waals surface area contributed by atoms with Crippen molar-refractivity contribution >= 4 is 11.8 Å². The van der Waals surface area contributed by atoms with Crippen LogP contribution in [0.5, 0.6) is 0 Å². The van der Waals surface area contributed by atoms with Gasteiger partial charge in [-0.3, -0.25) is 5.32 Å². The number of carbonyl (C=O) groups is 1. The number of ether oxygens (including phenoxy) is 1. The third-order valence-electron chi connectivity index (χ3n) is 6.37. The van der Waals surface area contributed by atoms with Gasteiger partial charge in [-0.2, -0.15) is 0 Å². The Bertz CT molecular complexity index is 828. The Morgan fingerprint density at radius 2 is 1.68 bits per heavy atom. The number of nitrogens with zero attached hydrogens (tertiary/aromatic N) is 1. The fourth-order valence-corrected chi connectivity index (χ4v) is 4.74. The molecule has 1 amide bonds. The van der Waals surface area contributed by atoms with Gasteiger partial charge >= 0.3 is 6.09 Å². The second-order valence-electron chi connectivity index (χ2n) is 8.17. The van der Waals surface area contributed by atoms with Gasteiger partial charge in [0.2, 0.25) is 0 Å². The molecule has 0 aliphatic carbocycles. The lowest BCUT2D eigenvalue weighted by molar-refractivity contribution is -0.931. The summed E-state index contributed by atoms with van der Waals surface area (Å²) in [6.07, 6.45) is 3.61. The van der Waals surface area contributed by atoms with Crippen LogP contribution in [-0.4, -0.2) is 42.9 Å². The van der Waals surface area contributed by atoms with Crippen molar-refractivity contribution in [3.05, 3.63) is 54.3 Å². The standard InChI is InChI=1S/C22H25FN2O2.BrH/c1-25(2)16-11-12-17(25)14-18(13-16)27-22(26)24-20-10-6-9-19(23)21(20)15-7-4-3-5-8-15;/h3-10,16-18H,11-14H2,1-2H3;1H. The van der Waals surface area contributed by atoms with E-state index in [2.05, 4.69) is 19.4 Å². The van der Waals surface area contributed by atoms with Crippen molar-refractivity contribution in [1.82, 2.24) is 0 Å². The third kappa shape index (κ3) is 3.94. The summed E-state index contributed by atoms with van der Waals surface area (Å²) in [7, 11) is 4.55. The highest BCUT2D eigenvalue weighted by molar-refractivity contribution is 5.91. The van der Waals surface area contributed by atoms with Gasteiger partial charge in [-0.15, -0.1) is 0 Å². The number of amides is 1. The maximum Gasteiger partial charge on any atom is 0.411 e. The lowest BCUT2D eigenvalue weighted by Gasteiger charge is -2.43. The number of anilines is 1. The highest BCUT2D eigenvalue weighted by Gasteiger charge is 2.49. The number of benzene rings is 2. The average molecular weight is 449 g/mol. The van der Waals surface area contributed by atoms with E-state index in [0.29, 0.717) is 23.3 Å². The van der Waals surface area contributed by atoms with Gasteiger partial charge in [-0.25, -0.2) is 9.18 Å². The van der Waals surface area contributed by atoms with E-state index in [1.54, 1.807) is 12.1 Å². The Hall–Kier alpha value is -1.92. The Kier molecular flexibility index (Phi) is 6.10. The molecule has 2 heterocycles. The van der Waals surface area contributed by atoms with Crippen LogP contribution in [0.25, 0.3) is 11.1 Å². The van der Waals surface area contributed by atoms with Crippen LogP contribution >= 0.6 is 0 Å². The number of halogens is 2. The number of fused-ring (bicyclic) bond motifs is 2. The first-order valence-corrected chi connectivity index (χ1v) is 9.60. The van der Waals surface area contributed by atoms with E-state index >= 15 is 0 Å². The van der Waals surface area contributed by atoms with Crippen molar-refractivity contribution < 1.29 is 35.4 Å². The fraction of sp³-hybridized carbons (Fsp3) is 0.409. The molecular formula is C22H26BrFN2O2. The SMILES string of the molecule is C[N+]1(C)C2CCC1CC(OC(=O)Nc1cccc(F)c1-c1ccccc1)C2.[Br-]. The molecule has 0 radical (unpaired) electrons. The van der Waals surface area contributed by atoms with Gasteiger partial charge in [0.25, 0.3) is 0 Å². The summed E-state index contributed by atoms with van der Waals surface area (Å²) in [5.74, 6) is -0.367. The second-order valence-corrected chi connectivity index (χ2v) is 8.17. The molecule has 2 fully saturated rings. The minimum atomic E-state index is -0.505. The van der Waals surface area contributed by atoms with Crippen LogP contribution in [0.1, 0.15) is 25.7 Å². The van der Waals surface area contributed by atoms with E-state index in [1.165, 1.54) is 18.9 Å². The summed E-state index contributed by atoms with van der Waals surface area (Å²) in [6, 6.07) is 15.0. The van der Waals surface area contributed by atoms with E-state index in [9.17, 15) is 9.18 Å². The third-order valence-corrected chi connectivity index (χ3v) is 6.37. The Morgan fingerprint density at radius 3 is 2.32 bits per heavy atom. The van der Waals surface area contributed by atoms with Crippen molar-refractivity contribution in [2.24, 2.45) is 0 Å². The molecule has 2 aromatic rings. The van der Waals surface area contributed by atoms with Crippen LogP contribution in [0.2, 0.25) is 0 Å². The Balaban J connectivity index is 0.00000225. The second kappa shape index (κ2) is 8.21. The zero-order valence-electron chi connectivity index (χ0n) is 16.2. The molecule has 2 aromatic carbocycles. The zero-order chi connectivity index (χ0) is 19.0. The van der Waals surface area contributed by atoms with E-state index in [0.717, 1.165) is 22.9 Å². The first kappa shape index (κ1) is 20.8. The molecule has 1 N–H and O–H groups in total. The van der Waals surface area contributed by atoms with Crippen molar-refractivity contribution in [3.63, 3.8) is 0 Å². The molecule has 6 heteroatoms. The smallest absolute Gasteiger partial charge is 0.411 e. The zero-order valence-corrected chi connectivity index (χ0v) is 17.8. The van der Waals surface area contributed by atoms with Gasteiger partial charge in [0.05, 0.1) is 31.9 Å². The number of rotatable bonds is 3. The number of carbonyl (C=O) groups excluding carboxylic acids is 1. The maximum atomic E-state index is 14.4. The normalized spacial score (nSPS) is 24.9. The molecular weight excluding hydrogens is 423 g/mol. The molecule has 150 valence electrons. The van der Waals surface area contributed by atoms with Crippen LogP contribution < -0.4 is 22.3 Å². The molecule has 0 aromatic heterocycles. The fourth-order valence-electron chi connectivity index (χ4n) is 4.74. The van der Waals surface area contributed by atoms with E-state index < -0.39 is 6.09 Å². The van der Waals surface area contributed by atoms with Crippen molar-refractivity contribution in [1.29, 1.82) is 0 Å². The van der Waals surface area contributed by atoms with Crippen molar-refractivity contribution in [3.8, 4) is 11.1 Å². The summed E-state index contributed by atoms with van der Waals surface area (Å²) < 4.78 is 21.2. The summed E-state index contributed by atoms with van der Waals surface area (Å²) >= 11 is 0. The lowest BCUT2D eigenvalue weighted by Crippen LogP contribution is -3.00. The van der Waals surface area contributed by atoms with Gasteiger partial charge in [0, 0.05) is 31.2 Å². The first-order chi connectivity index (χ1) is 12.9. The molecule has 2 unspecified atom stereocenters. The lowest BCUT2D eigenvalue weighted by atomic mass is 9.98. The molecule has 28 heavy (non-hydrogen) atoms. The van der Waals surface area contributed by atoms with Crippen LogP contribution in [0.15, 0.2) is 48.5 Å². The predicted octanol–water partition coefficient (Wildman–Crippen LogP) is 1.81. The maximum absolute atomic E-state index is 14.4. The van der Waals surface area contributed by atoms with E-state index in [4.69, 9.17) is 4.74 Å². The number of hydrogen-bond acceptors (Lipinski definition) is 2. The van der Waals surface area contributed by atoms with Gasteiger partial charge in [-0.05, 0) is 17.7 Å². The predicted molar refractivity (Wildman–Crippen MR) is 104 cm³/mol. The summed E-state index contributed by atoms with van der Waals surface area (Å²) in [5, 5.41) is 2.76. The number of hydrogen-bond donors (Lipinski definition) is 1. The van der Waals surface area contributed by atoms with Gasteiger partial charge in [0.15, 0.2) is 0 Å². The van der Waals surface area contributed by atoms with Gasteiger partial charge in [-0.1, -0.05) is 36.4 Å². The van der Waals surface area contributed by atoms with Crippen LogP contribution in [0.4, 0.5) is 14.9 Å². The molecule has 2 aliphatic heterocycles. The Morgan fingerprint density at radius 1 is 1.04 bits per heavy atom. The number of quaternary nitrogens is 1. The molecule has 2 aliphatic rings.